The Morgan fingerprint density at radius 1 is 1.08 bits per heavy atom. The van der Waals surface area contributed by atoms with Gasteiger partial charge in [0.15, 0.2) is 11.5 Å². The van der Waals surface area contributed by atoms with Gasteiger partial charge in [-0.05, 0) is 24.8 Å². The highest BCUT2D eigenvalue weighted by atomic mass is 35.5. The van der Waals surface area contributed by atoms with Crippen molar-refractivity contribution in [3.05, 3.63) is 29.5 Å². The molecular formula is C19H24ClN3O2. The number of nitrogens with zero attached hydrogens (tertiary/aromatic N) is 2. The molecule has 0 bridgehead atoms. The highest BCUT2D eigenvalue weighted by Crippen LogP contribution is 2.39. The van der Waals surface area contributed by atoms with Crippen LogP contribution in [-0.4, -0.2) is 29.7 Å². The van der Waals surface area contributed by atoms with E-state index in [1.54, 1.807) is 18.5 Å². The number of rotatable bonds is 4. The van der Waals surface area contributed by atoms with Crippen molar-refractivity contribution in [1.82, 2.24) is 9.97 Å². The first-order valence-electron chi connectivity index (χ1n) is 8.95. The molecule has 25 heavy (non-hydrogen) atoms. The molecule has 1 aromatic carbocycles. The van der Waals surface area contributed by atoms with Gasteiger partial charge in [0, 0.05) is 18.2 Å². The minimum absolute atomic E-state index is 0.545. The van der Waals surface area contributed by atoms with Gasteiger partial charge in [0.1, 0.15) is 19.0 Å². The fraction of sp³-hybridized carbons (Fsp3) is 0.474. The van der Waals surface area contributed by atoms with Gasteiger partial charge >= 0.3 is 0 Å². The molecule has 6 heteroatoms. The van der Waals surface area contributed by atoms with Crippen molar-refractivity contribution in [2.24, 2.45) is 5.92 Å². The predicted octanol–water partition coefficient (Wildman–Crippen LogP) is 4.81. The maximum absolute atomic E-state index is 6.35. The first kappa shape index (κ1) is 17.8. The molecule has 2 heterocycles. The van der Waals surface area contributed by atoms with E-state index >= 15 is 0 Å². The molecule has 134 valence electrons. The zero-order valence-electron chi connectivity index (χ0n) is 14.7. The normalized spacial score (nSPS) is 15.6. The van der Waals surface area contributed by atoms with Crippen molar-refractivity contribution in [3.8, 4) is 22.8 Å². The number of ether oxygens (including phenoxy) is 2. The Hall–Kier alpha value is -2.01. The summed E-state index contributed by atoms with van der Waals surface area (Å²) in [5.41, 5.74) is 1.52. The molecule has 2 aliphatic rings. The van der Waals surface area contributed by atoms with Crippen LogP contribution in [0.15, 0.2) is 24.5 Å². The van der Waals surface area contributed by atoms with Crippen LogP contribution in [0.4, 0.5) is 5.82 Å². The molecule has 0 spiro atoms. The molecule has 0 atom stereocenters. The Bertz CT molecular complexity index is 703. The molecule has 0 saturated heterocycles. The molecule has 1 fully saturated rings. The lowest BCUT2D eigenvalue weighted by Gasteiger charge is -2.25. The second kappa shape index (κ2) is 8.39. The van der Waals surface area contributed by atoms with E-state index in [4.69, 9.17) is 21.1 Å². The van der Waals surface area contributed by atoms with Crippen LogP contribution in [0, 0.1) is 5.92 Å². The van der Waals surface area contributed by atoms with Gasteiger partial charge in [-0.15, -0.1) is 0 Å². The van der Waals surface area contributed by atoms with E-state index in [2.05, 4.69) is 15.3 Å². The molecule has 4 rings (SSSR count). The summed E-state index contributed by atoms with van der Waals surface area (Å²) in [6.07, 6.45) is 7.46. The smallest absolute Gasteiger partial charge is 0.162 e. The largest absolute Gasteiger partial charge is 0.486 e. The van der Waals surface area contributed by atoms with Crippen LogP contribution in [0.3, 0.4) is 0 Å². The van der Waals surface area contributed by atoms with Crippen molar-refractivity contribution < 1.29 is 9.47 Å². The van der Waals surface area contributed by atoms with E-state index in [1.807, 2.05) is 19.9 Å². The van der Waals surface area contributed by atoms with Crippen LogP contribution in [0.5, 0.6) is 11.5 Å². The molecule has 0 amide bonds. The van der Waals surface area contributed by atoms with E-state index in [0.29, 0.717) is 29.7 Å². The summed E-state index contributed by atoms with van der Waals surface area (Å²) in [4.78, 5) is 8.91. The van der Waals surface area contributed by atoms with Gasteiger partial charge in [0.05, 0.1) is 23.1 Å². The van der Waals surface area contributed by atoms with E-state index in [1.165, 1.54) is 19.3 Å². The summed E-state index contributed by atoms with van der Waals surface area (Å²) in [5, 5.41) is 3.92. The van der Waals surface area contributed by atoms with Crippen molar-refractivity contribution >= 4 is 17.4 Å². The van der Waals surface area contributed by atoms with Crippen LogP contribution in [0.2, 0.25) is 5.02 Å². The fourth-order valence-corrected chi connectivity index (χ4v) is 3.01. The lowest BCUT2D eigenvalue weighted by molar-refractivity contribution is 0.171. The molecule has 1 aliphatic heterocycles. The molecule has 5 nitrogen and oxygen atoms in total. The maximum atomic E-state index is 6.35. The monoisotopic (exact) mass is 361 g/mol. The maximum Gasteiger partial charge on any atom is 0.162 e. The summed E-state index contributed by atoms with van der Waals surface area (Å²) in [6.45, 7) is 6.06. The Morgan fingerprint density at radius 3 is 2.40 bits per heavy atom. The van der Waals surface area contributed by atoms with Crippen molar-refractivity contribution in [1.29, 1.82) is 0 Å². The van der Waals surface area contributed by atoms with Crippen LogP contribution in [0.25, 0.3) is 11.3 Å². The van der Waals surface area contributed by atoms with E-state index in [-0.39, 0.29) is 0 Å². The van der Waals surface area contributed by atoms with E-state index in [9.17, 15) is 0 Å². The Morgan fingerprint density at radius 2 is 1.80 bits per heavy atom. The molecule has 1 N–H and O–H groups in total. The third-order valence-electron chi connectivity index (χ3n) is 4.36. The van der Waals surface area contributed by atoms with Gasteiger partial charge < -0.3 is 14.8 Å². The number of benzene rings is 1. The van der Waals surface area contributed by atoms with Crippen LogP contribution < -0.4 is 14.8 Å². The van der Waals surface area contributed by atoms with Gasteiger partial charge in [-0.3, -0.25) is 4.98 Å². The Balaban J connectivity index is 0.000000880. The quantitative estimate of drug-likeness (QED) is 0.847. The zero-order valence-corrected chi connectivity index (χ0v) is 15.5. The number of anilines is 1. The average Bonchev–Trinajstić information content (AvgIpc) is 2.62. The standard InChI is InChI=1S/C17H18ClN3O2.C2H6/c18-13-7-16-15(22-4-5-23-16)6-12(13)14-9-21-17(10-19-14)20-8-11-2-1-3-11;1-2/h6-7,9-11H,1-5,8H2,(H,20,21);1-2H3. The van der Waals surface area contributed by atoms with Gasteiger partial charge in [-0.1, -0.05) is 31.9 Å². The molecule has 0 radical (unpaired) electrons. The zero-order chi connectivity index (χ0) is 17.6. The van der Waals surface area contributed by atoms with Gasteiger partial charge in [-0.25, -0.2) is 4.98 Å². The van der Waals surface area contributed by atoms with Crippen LogP contribution >= 0.6 is 11.6 Å². The van der Waals surface area contributed by atoms with Crippen LogP contribution in [-0.2, 0) is 0 Å². The van der Waals surface area contributed by atoms with E-state index < -0.39 is 0 Å². The first-order chi connectivity index (χ1) is 12.3. The number of hydrogen-bond acceptors (Lipinski definition) is 5. The van der Waals surface area contributed by atoms with Gasteiger partial charge in [0.2, 0.25) is 0 Å². The summed E-state index contributed by atoms with van der Waals surface area (Å²) in [5.74, 6) is 2.96. The van der Waals surface area contributed by atoms with Gasteiger partial charge in [0.25, 0.3) is 0 Å². The Kier molecular flexibility index (Phi) is 5.97. The molecular weight excluding hydrogens is 338 g/mol. The molecule has 1 saturated carbocycles. The highest BCUT2D eigenvalue weighted by molar-refractivity contribution is 6.33. The van der Waals surface area contributed by atoms with Crippen LogP contribution in [0.1, 0.15) is 33.1 Å². The fourth-order valence-electron chi connectivity index (χ4n) is 2.76. The highest BCUT2D eigenvalue weighted by Gasteiger charge is 2.18. The average molecular weight is 362 g/mol. The minimum atomic E-state index is 0.545. The van der Waals surface area contributed by atoms with E-state index in [0.717, 1.165) is 29.5 Å². The second-order valence-electron chi connectivity index (χ2n) is 5.94. The summed E-state index contributed by atoms with van der Waals surface area (Å²) < 4.78 is 11.1. The third-order valence-corrected chi connectivity index (χ3v) is 4.67. The van der Waals surface area contributed by atoms with Gasteiger partial charge in [-0.2, -0.15) is 0 Å². The number of aromatic nitrogens is 2. The summed E-state index contributed by atoms with van der Waals surface area (Å²) in [6, 6.07) is 3.64. The molecule has 0 unspecified atom stereocenters. The summed E-state index contributed by atoms with van der Waals surface area (Å²) in [7, 11) is 0. The summed E-state index contributed by atoms with van der Waals surface area (Å²) >= 11 is 6.35. The number of halogens is 1. The minimum Gasteiger partial charge on any atom is -0.486 e. The topological polar surface area (TPSA) is 56.3 Å². The predicted molar refractivity (Wildman–Crippen MR) is 101 cm³/mol. The van der Waals surface area contributed by atoms with Crippen molar-refractivity contribution in [2.45, 2.75) is 33.1 Å². The lowest BCUT2D eigenvalue weighted by Crippen LogP contribution is -2.21. The number of fused-ring (bicyclic) bond motifs is 1. The SMILES string of the molecule is CC.Clc1cc2c(cc1-c1cnc(NCC3CCC3)cn1)OCCO2. The number of nitrogens with one attached hydrogen (secondary N) is 1. The van der Waals surface area contributed by atoms with Crippen molar-refractivity contribution in [3.63, 3.8) is 0 Å². The Labute approximate surface area is 153 Å². The lowest BCUT2D eigenvalue weighted by atomic mass is 9.85. The van der Waals surface area contributed by atoms with Crippen molar-refractivity contribution in [2.75, 3.05) is 25.1 Å². The first-order valence-corrected chi connectivity index (χ1v) is 9.33. The third kappa shape index (κ3) is 4.15. The second-order valence-corrected chi connectivity index (χ2v) is 6.35. The molecule has 1 aromatic heterocycles. The molecule has 1 aliphatic carbocycles. The molecule has 2 aromatic rings. The number of hydrogen-bond donors (Lipinski definition) is 1.